The van der Waals surface area contributed by atoms with E-state index in [1.54, 1.807) is 0 Å². The molecule has 1 nitrogen and oxygen atoms in total. The molecule has 0 aliphatic carbocycles. The lowest BCUT2D eigenvalue weighted by Crippen LogP contribution is -1.87. The number of benzene rings is 1. The fourth-order valence-electron chi connectivity index (χ4n) is 1.32. The number of alkyl halides is 1. The fraction of sp³-hybridized carbons (Fsp3) is 0.0833. The Morgan fingerprint density at radius 1 is 0.929 bits per heavy atom. The summed E-state index contributed by atoms with van der Waals surface area (Å²) in [6, 6.07) is 16.3. The molecule has 0 saturated heterocycles. The Morgan fingerprint density at radius 2 is 1.71 bits per heavy atom. The van der Waals surface area contributed by atoms with Gasteiger partial charge in [0.2, 0.25) is 0 Å². The van der Waals surface area contributed by atoms with Crippen LogP contribution in [0.5, 0.6) is 0 Å². The van der Waals surface area contributed by atoms with Crippen molar-refractivity contribution in [3.8, 4) is 11.3 Å². The lowest BCUT2D eigenvalue weighted by atomic mass is 10.1. The molecule has 1 aromatic carbocycles. The first-order valence-corrected chi connectivity index (χ1v) is 5.59. The van der Waals surface area contributed by atoms with Crippen LogP contribution in [0.1, 0.15) is 5.69 Å². The molecule has 0 aliphatic rings. The van der Waals surface area contributed by atoms with Gasteiger partial charge in [0.1, 0.15) is 0 Å². The zero-order chi connectivity index (χ0) is 9.80. The van der Waals surface area contributed by atoms with Gasteiger partial charge in [0.15, 0.2) is 0 Å². The molecule has 0 aliphatic heterocycles. The average Bonchev–Trinajstić information content (AvgIpc) is 2.30. The van der Waals surface area contributed by atoms with E-state index in [0.29, 0.717) is 0 Å². The molecule has 70 valence electrons. The number of aromatic nitrogens is 1. The van der Waals surface area contributed by atoms with E-state index in [-0.39, 0.29) is 0 Å². The molecular formula is C12H10BrN. The van der Waals surface area contributed by atoms with Crippen LogP contribution in [-0.4, -0.2) is 4.98 Å². The third kappa shape index (κ3) is 2.02. The Labute approximate surface area is 91.9 Å². The number of hydrogen-bond acceptors (Lipinski definition) is 1. The number of hydrogen-bond donors (Lipinski definition) is 0. The number of rotatable bonds is 2. The highest BCUT2D eigenvalue weighted by Gasteiger charge is 1.98. The third-order valence-corrected chi connectivity index (χ3v) is 2.59. The highest BCUT2D eigenvalue weighted by Crippen LogP contribution is 2.16. The van der Waals surface area contributed by atoms with Crippen LogP contribution in [-0.2, 0) is 5.33 Å². The first-order valence-electron chi connectivity index (χ1n) is 4.47. The molecule has 0 N–H and O–H groups in total. The number of nitrogens with zero attached hydrogens (tertiary/aromatic N) is 1. The van der Waals surface area contributed by atoms with Crippen molar-refractivity contribution in [1.82, 2.24) is 4.98 Å². The molecule has 0 bridgehead atoms. The minimum atomic E-state index is 0.799. The summed E-state index contributed by atoms with van der Waals surface area (Å²) in [4.78, 5) is 4.51. The predicted molar refractivity (Wildman–Crippen MR) is 62.3 cm³/mol. The van der Waals surface area contributed by atoms with E-state index in [1.165, 1.54) is 0 Å². The van der Waals surface area contributed by atoms with Gasteiger partial charge in [-0.1, -0.05) is 52.3 Å². The zero-order valence-electron chi connectivity index (χ0n) is 7.65. The highest BCUT2D eigenvalue weighted by atomic mass is 79.9. The average molecular weight is 248 g/mol. The minimum Gasteiger partial charge on any atom is -0.252 e. The molecule has 1 aromatic heterocycles. The second-order valence-electron chi connectivity index (χ2n) is 3.01. The smallest absolute Gasteiger partial charge is 0.0705 e. The predicted octanol–water partition coefficient (Wildman–Crippen LogP) is 3.64. The van der Waals surface area contributed by atoms with Gasteiger partial charge in [-0.15, -0.1) is 0 Å². The van der Waals surface area contributed by atoms with Crippen molar-refractivity contribution < 1.29 is 0 Å². The Balaban J connectivity index is 2.42. The molecule has 0 unspecified atom stereocenters. The summed E-state index contributed by atoms with van der Waals surface area (Å²) < 4.78 is 0. The molecule has 2 heteroatoms. The summed E-state index contributed by atoms with van der Waals surface area (Å²) in [6.45, 7) is 0. The lowest BCUT2D eigenvalue weighted by Gasteiger charge is -2.01. The van der Waals surface area contributed by atoms with Gasteiger partial charge in [-0.05, 0) is 12.1 Å². The van der Waals surface area contributed by atoms with Crippen molar-refractivity contribution >= 4 is 15.9 Å². The van der Waals surface area contributed by atoms with Gasteiger partial charge < -0.3 is 0 Å². The molecule has 2 aromatic rings. The van der Waals surface area contributed by atoms with Gasteiger partial charge in [-0.3, -0.25) is 4.98 Å². The molecule has 0 fully saturated rings. The van der Waals surface area contributed by atoms with E-state index in [9.17, 15) is 0 Å². The van der Waals surface area contributed by atoms with Crippen LogP contribution in [0.2, 0.25) is 0 Å². The molecular weight excluding hydrogens is 238 g/mol. The monoisotopic (exact) mass is 247 g/mol. The van der Waals surface area contributed by atoms with E-state index in [1.807, 2.05) is 36.4 Å². The van der Waals surface area contributed by atoms with Crippen LogP contribution in [0.3, 0.4) is 0 Å². The minimum absolute atomic E-state index is 0.799. The SMILES string of the molecule is BrCc1cccc(-c2ccccc2)n1. The van der Waals surface area contributed by atoms with E-state index < -0.39 is 0 Å². The Bertz CT molecular complexity index is 412. The van der Waals surface area contributed by atoms with Crippen LogP contribution < -0.4 is 0 Å². The van der Waals surface area contributed by atoms with Crippen LogP contribution in [0.25, 0.3) is 11.3 Å². The maximum Gasteiger partial charge on any atom is 0.0705 e. The maximum atomic E-state index is 4.51. The summed E-state index contributed by atoms with van der Waals surface area (Å²) in [5.74, 6) is 0. The zero-order valence-corrected chi connectivity index (χ0v) is 9.24. The van der Waals surface area contributed by atoms with E-state index in [0.717, 1.165) is 22.3 Å². The van der Waals surface area contributed by atoms with Gasteiger partial charge in [0, 0.05) is 10.9 Å². The van der Waals surface area contributed by atoms with Gasteiger partial charge in [0.05, 0.1) is 11.4 Å². The van der Waals surface area contributed by atoms with Gasteiger partial charge in [-0.25, -0.2) is 0 Å². The quantitative estimate of drug-likeness (QED) is 0.739. The van der Waals surface area contributed by atoms with Crippen LogP contribution >= 0.6 is 15.9 Å². The van der Waals surface area contributed by atoms with Crippen molar-refractivity contribution in [1.29, 1.82) is 0 Å². The lowest BCUT2D eigenvalue weighted by molar-refractivity contribution is 1.19. The largest absolute Gasteiger partial charge is 0.252 e. The Hall–Kier alpha value is -1.15. The molecule has 0 atom stereocenters. The van der Waals surface area contributed by atoms with Crippen molar-refractivity contribution in [2.24, 2.45) is 0 Å². The first kappa shape index (κ1) is 9.41. The molecule has 2 rings (SSSR count). The second kappa shape index (κ2) is 4.38. The molecule has 1 heterocycles. The topological polar surface area (TPSA) is 12.9 Å². The van der Waals surface area contributed by atoms with E-state index in [2.05, 4.69) is 33.0 Å². The fourth-order valence-corrected chi connectivity index (χ4v) is 1.64. The van der Waals surface area contributed by atoms with E-state index >= 15 is 0 Å². The van der Waals surface area contributed by atoms with Crippen LogP contribution in [0.4, 0.5) is 0 Å². The molecule has 0 amide bonds. The van der Waals surface area contributed by atoms with Crippen molar-refractivity contribution in [3.05, 3.63) is 54.2 Å². The van der Waals surface area contributed by atoms with Gasteiger partial charge >= 0.3 is 0 Å². The molecule has 0 radical (unpaired) electrons. The Kier molecular flexibility index (Phi) is 2.94. The maximum absolute atomic E-state index is 4.51. The normalized spacial score (nSPS) is 10.1. The summed E-state index contributed by atoms with van der Waals surface area (Å²) in [5.41, 5.74) is 3.25. The summed E-state index contributed by atoms with van der Waals surface area (Å²) in [6.07, 6.45) is 0. The standard InChI is InChI=1S/C12H10BrN/c13-9-11-7-4-8-12(14-11)10-5-2-1-3-6-10/h1-8H,9H2. The second-order valence-corrected chi connectivity index (χ2v) is 3.57. The first-order chi connectivity index (χ1) is 6.90. The number of pyridine rings is 1. The third-order valence-electron chi connectivity index (χ3n) is 2.01. The van der Waals surface area contributed by atoms with Crippen LogP contribution in [0.15, 0.2) is 48.5 Å². The summed E-state index contributed by atoms with van der Waals surface area (Å²) in [5, 5.41) is 0.799. The molecule has 0 saturated carbocycles. The van der Waals surface area contributed by atoms with Crippen molar-refractivity contribution in [3.63, 3.8) is 0 Å². The Morgan fingerprint density at radius 3 is 2.43 bits per heavy atom. The van der Waals surface area contributed by atoms with Crippen molar-refractivity contribution in [2.75, 3.05) is 0 Å². The van der Waals surface area contributed by atoms with E-state index in [4.69, 9.17) is 0 Å². The van der Waals surface area contributed by atoms with Gasteiger partial charge in [0.25, 0.3) is 0 Å². The summed E-state index contributed by atoms with van der Waals surface area (Å²) in [7, 11) is 0. The van der Waals surface area contributed by atoms with Gasteiger partial charge in [-0.2, -0.15) is 0 Å². The van der Waals surface area contributed by atoms with Crippen molar-refractivity contribution in [2.45, 2.75) is 5.33 Å². The summed E-state index contributed by atoms with van der Waals surface area (Å²) >= 11 is 3.40. The molecule has 0 spiro atoms. The molecule has 14 heavy (non-hydrogen) atoms. The van der Waals surface area contributed by atoms with Crippen LogP contribution in [0, 0.1) is 0 Å². The highest BCUT2D eigenvalue weighted by molar-refractivity contribution is 9.08. The number of halogens is 1.